The van der Waals surface area contributed by atoms with Crippen molar-refractivity contribution in [3.63, 3.8) is 0 Å². The van der Waals surface area contributed by atoms with E-state index in [0.717, 1.165) is 10.9 Å². The summed E-state index contributed by atoms with van der Waals surface area (Å²) in [6, 6.07) is 5.90. The average Bonchev–Trinajstić information content (AvgIpc) is 2.86. The van der Waals surface area contributed by atoms with Crippen LogP contribution in [0.4, 0.5) is 0 Å². The number of rotatable bonds is 3. The van der Waals surface area contributed by atoms with Gasteiger partial charge in [-0.2, -0.15) is 0 Å². The van der Waals surface area contributed by atoms with Gasteiger partial charge in [-0.15, -0.1) is 0 Å². The zero-order chi connectivity index (χ0) is 19.5. The van der Waals surface area contributed by atoms with Gasteiger partial charge in [-0.05, 0) is 55.4 Å². The number of hydrogen-bond acceptors (Lipinski definition) is 5. The molecule has 1 aromatic rings. The summed E-state index contributed by atoms with van der Waals surface area (Å²) >= 11 is 0. The maximum atomic E-state index is 6.21. The lowest BCUT2D eigenvalue weighted by molar-refractivity contribution is 0.00578. The molecule has 0 N–H and O–H groups in total. The SMILES string of the molecule is COc1c(B2OC(C)(C)C(C)(C)O2)cccc1B1OC(C)(C)C(C)(C)O1. The molecule has 142 valence electrons. The first-order chi connectivity index (χ1) is 11.8. The molecule has 5 nitrogen and oxygen atoms in total. The first-order valence-electron chi connectivity index (χ1n) is 9.19. The molecule has 2 saturated heterocycles. The van der Waals surface area contributed by atoms with Gasteiger partial charge in [-0.25, -0.2) is 0 Å². The molecule has 0 spiro atoms. The Bertz CT molecular complexity index is 613. The molecule has 3 rings (SSSR count). The smallest absolute Gasteiger partial charge is 0.497 e. The molecular formula is C19H30B2O5. The van der Waals surface area contributed by atoms with Crippen LogP contribution >= 0.6 is 0 Å². The number of hydrogen-bond donors (Lipinski definition) is 0. The summed E-state index contributed by atoms with van der Waals surface area (Å²) in [6.07, 6.45) is 0. The zero-order valence-electron chi connectivity index (χ0n) is 17.4. The number of para-hydroxylation sites is 1. The van der Waals surface area contributed by atoms with Gasteiger partial charge in [0.15, 0.2) is 0 Å². The Morgan fingerprint density at radius 2 is 0.962 bits per heavy atom. The molecule has 7 heteroatoms. The van der Waals surface area contributed by atoms with Gasteiger partial charge in [0.05, 0.1) is 29.5 Å². The van der Waals surface area contributed by atoms with E-state index >= 15 is 0 Å². The van der Waals surface area contributed by atoms with E-state index in [1.54, 1.807) is 7.11 Å². The molecule has 0 bridgehead atoms. The second-order valence-corrected chi connectivity index (χ2v) is 9.15. The van der Waals surface area contributed by atoms with Crippen LogP contribution < -0.4 is 15.7 Å². The van der Waals surface area contributed by atoms with Crippen LogP contribution in [0, 0.1) is 0 Å². The van der Waals surface area contributed by atoms with Crippen molar-refractivity contribution in [2.75, 3.05) is 7.11 Å². The highest BCUT2D eigenvalue weighted by molar-refractivity contribution is 6.68. The van der Waals surface area contributed by atoms with Crippen LogP contribution in [0.5, 0.6) is 5.75 Å². The molecule has 2 aliphatic heterocycles. The monoisotopic (exact) mass is 360 g/mol. The third kappa shape index (κ3) is 2.99. The van der Waals surface area contributed by atoms with Crippen molar-refractivity contribution < 1.29 is 23.4 Å². The van der Waals surface area contributed by atoms with Gasteiger partial charge >= 0.3 is 14.2 Å². The zero-order valence-corrected chi connectivity index (χ0v) is 17.4. The van der Waals surface area contributed by atoms with E-state index in [4.69, 9.17) is 23.4 Å². The van der Waals surface area contributed by atoms with Gasteiger partial charge in [0.25, 0.3) is 0 Å². The van der Waals surface area contributed by atoms with Gasteiger partial charge in [-0.1, -0.05) is 18.2 Å². The highest BCUT2D eigenvalue weighted by Crippen LogP contribution is 2.39. The van der Waals surface area contributed by atoms with Crippen molar-refractivity contribution in [1.29, 1.82) is 0 Å². The lowest BCUT2D eigenvalue weighted by Gasteiger charge is -2.32. The van der Waals surface area contributed by atoms with Crippen molar-refractivity contribution in [2.45, 2.75) is 77.8 Å². The Morgan fingerprint density at radius 1 is 0.654 bits per heavy atom. The summed E-state index contributed by atoms with van der Waals surface area (Å²) in [7, 11) is 0.647. The van der Waals surface area contributed by atoms with Gasteiger partial charge < -0.3 is 23.4 Å². The molecule has 0 saturated carbocycles. The minimum Gasteiger partial charge on any atom is -0.497 e. The fraction of sp³-hybridized carbons (Fsp3) is 0.684. The fourth-order valence-electron chi connectivity index (χ4n) is 3.12. The van der Waals surface area contributed by atoms with Crippen molar-refractivity contribution in [3.8, 4) is 5.75 Å². The summed E-state index contributed by atoms with van der Waals surface area (Å²) in [5, 5.41) is 0. The van der Waals surface area contributed by atoms with Gasteiger partial charge in [0.1, 0.15) is 5.75 Å². The Kier molecular flexibility index (Phi) is 4.55. The maximum Gasteiger partial charge on any atom is 0.498 e. The van der Waals surface area contributed by atoms with Crippen LogP contribution in [-0.2, 0) is 18.6 Å². The minimum atomic E-state index is -0.502. The molecule has 2 fully saturated rings. The van der Waals surface area contributed by atoms with Crippen molar-refractivity contribution in [2.24, 2.45) is 0 Å². The van der Waals surface area contributed by atoms with Crippen LogP contribution in [0.1, 0.15) is 55.4 Å². The van der Waals surface area contributed by atoms with Gasteiger partial charge in [0.2, 0.25) is 0 Å². The molecule has 26 heavy (non-hydrogen) atoms. The van der Waals surface area contributed by atoms with Gasteiger partial charge in [-0.3, -0.25) is 0 Å². The van der Waals surface area contributed by atoms with E-state index in [2.05, 4.69) is 0 Å². The summed E-state index contributed by atoms with van der Waals surface area (Å²) < 4.78 is 30.6. The van der Waals surface area contributed by atoms with E-state index in [1.807, 2.05) is 73.6 Å². The molecule has 0 aliphatic carbocycles. The number of methoxy groups -OCH3 is 1. The maximum absolute atomic E-state index is 6.21. The standard InChI is InChI=1S/C19H30B2O5/c1-16(2)17(3,4)24-20(23-16)13-11-10-12-14(15(13)22-9)21-25-18(5,6)19(7,8)26-21/h10-12H,1-9H3. The molecule has 1 aromatic carbocycles. The first-order valence-corrected chi connectivity index (χ1v) is 9.19. The topological polar surface area (TPSA) is 46.2 Å². The average molecular weight is 360 g/mol. The van der Waals surface area contributed by atoms with Crippen molar-refractivity contribution in [3.05, 3.63) is 18.2 Å². The largest absolute Gasteiger partial charge is 0.498 e. The third-order valence-corrected chi connectivity index (χ3v) is 6.29. The van der Waals surface area contributed by atoms with Crippen molar-refractivity contribution >= 4 is 25.2 Å². The van der Waals surface area contributed by atoms with Crippen LogP contribution in [0.3, 0.4) is 0 Å². The summed E-state index contributed by atoms with van der Waals surface area (Å²) in [6.45, 7) is 16.3. The van der Waals surface area contributed by atoms with E-state index in [1.165, 1.54) is 0 Å². The molecule has 0 unspecified atom stereocenters. The summed E-state index contributed by atoms with van der Waals surface area (Å²) in [4.78, 5) is 0. The predicted molar refractivity (Wildman–Crippen MR) is 104 cm³/mol. The summed E-state index contributed by atoms with van der Waals surface area (Å²) in [5.41, 5.74) is 0.0367. The fourth-order valence-corrected chi connectivity index (χ4v) is 3.12. The van der Waals surface area contributed by atoms with Crippen LogP contribution in [0.2, 0.25) is 0 Å². The summed E-state index contributed by atoms with van der Waals surface area (Å²) in [5.74, 6) is 0.685. The van der Waals surface area contributed by atoms with E-state index in [-0.39, 0.29) is 0 Å². The number of ether oxygens (including phenoxy) is 1. The van der Waals surface area contributed by atoms with E-state index in [9.17, 15) is 0 Å². The second-order valence-electron chi connectivity index (χ2n) is 9.15. The van der Waals surface area contributed by atoms with E-state index < -0.39 is 36.6 Å². The molecule has 0 amide bonds. The first kappa shape index (κ1) is 19.7. The molecule has 0 radical (unpaired) electrons. The minimum absolute atomic E-state index is 0.414. The second kappa shape index (κ2) is 5.99. The lowest BCUT2D eigenvalue weighted by atomic mass is 9.70. The molecule has 2 heterocycles. The number of benzene rings is 1. The van der Waals surface area contributed by atoms with Crippen LogP contribution in [0.25, 0.3) is 0 Å². The Morgan fingerprint density at radius 3 is 1.23 bits per heavy atom. The predicted octanol–water partition coefficient (Wildman–Crippen LogP) is 2.29. The third-order valence-electron chi connectivity index (χ3n) is 6.29. The van der Waals surface area contributed by atoms with E-state index in [0.29, 0.717) is 5.75 Å². The Labute approximate surface area is 158 Å². The van der Waals surface area contributed by atoms with Crippen LogP contribution in [0.15, 0.2) is 18.2 Å². The van der Waals surface area contributed by atoms with Gasteiger partial charge in [0, 0.05) is 10.9 Å². The molecule has 0 aromatic heterocycles. The lowest BCUT2D eigenvalue weighted by Crippen LogP contribution is -2.42. The normalized spacial score (nSPS) is 25.6. The quantitative estimate of drug-likeness (QED) is 0.775. The Hall–Kier alpha value is -1.01. The van der Waals surface area contributed by atoms with Crippen LogP contribution in [-0.4, -0.2) is 43.8 Å². The van der Waals surface area contributed by atoms with Crippen molar-refractivity contribution in [1.82, 2.24) is 0 Å². The molecule has 2 aliphatic rings. The molecule has 0 atom stereocenters. The Balaban J connectivity index is 1.98. The highest BCUT2D eigenvalue weighted by atomic mass is 16.7. The highest BCUT2D eigenvalue weighted by Gasteiger charge is 2.55. The molecular weight excluding hydrogens is 330 g/mol.